The van der Waals surface area contributed by atoms with Crippen LogP contribution in [0.5, 0.6) is 0 Å². The van der Waals surface area contributed by atoms with E-state index in [0.29, 0.717) is 17.0 Å². The Hall–Kier alpha value is -2.68. The SMILES string of the molecule is Cc1ccc(S(=O)N2c3ccc(C(O)(C(F)(F)F)C(F)(F)F)cc3CC[C@H]2CC(=O)N2CC(O)[C@H](O)C2)cc1. The molecule has 0 bridgehead atoms. The number of halogens is 6. The molecule has 2 aromatic carbocycles. The second kappa shape index (κ2) is 10.4. The van der Waals surface area contributed by atoms with Crippen LogP contribution in [-0.2, 0) is 27.8 Å². The molecule has 1 amide bonds. The van der Waals surface area contributed by atoms with Gasteiger partial charge < -0.3 is 20.2 Å². The van der Waals surface area contributed by atoms with Gasteiger partial charge in [-0.25, -0.2) is 4.21 Å². The van der Waals surface area contributed by atoms with Gasteiger partial charge in [0.1, 0.15) is 0 Å². The molecule has 0 spiro atoms. The number of β-amino-alcohol motifs (C(OH)–C–C–N with tert-alkyl or cyclic N) is 2. The van der Waals surface area contributed by atoms with Crippen LogP contribution in [0, 0.1) is 6.92 Å². The number of hydrogen-bond donors (Lipinski definition) is 3. The van der Waals surface area contributed by atoms with E-state index in [1.807, 2.05) is 0 Å². The van der Waals surface area contributed by atoms with Crippen molar-refractivity contribution in [2.75, 3.05) is 17.4 Å². The number of carbonyl (C=O) groups excluding carboxylic acids is 1. The lowest BCUT2D eigenvalue weighted by Gasteiger charge is -2.39. The van der Waals surface area contributed by atoms with E-state index < -0.39 is 58.7 Å². The predicted molar refractivity (Wildman–Crippen MR) is 128 cm³/mol. The molecule has 2 aliphatic heterocycles. The van der Waals surface area contributed by atoms with Crippen molar-refractivity contribution < 1.29 is 50.7 Å². The van der Waals surface area contributed by atoms with E-state index in [2.05, 4.69) is 0 Å². The Kier molecular flexibility index (Phi) is 7.80. The minimum Gasteiger partial charge on any atom is -0.388 e. The maximum atomic E-state index is 13.7. The van der Waals surface area contributed by atoms with Crippen LogP contribution in [0.1, 0.15) is 29.5 Å². The van der Waals surface area contributed by atoms with Gasteiger partial charge in [-0.2, -0.15) is 26.3 Å². The maximum Gasteiger partial charge on any atom is 0.430 e. The fourth-order valence-electron chi connectivity index (χ4n) is 4.83. The highest BCUT2D eigenvalue weighted by Crippen LogP contribution is 2.51. The van der Waals surface area contributed by atoms with E-state index >= 15 is 0 Å². The van der Waals surface area contributed by atoms with Crippen LogP contribution in [0.25, 0.3) is 0 Å². The van der Waals surface area contributed by atoms with Crippen LogP contribution in [0.3, 0.4) is 0 Å². The van der Waals surface area contributed by atoms with Crippen molar-refractivity contribution in [2.45, 2.75) is 67.3 Å². The van der Waals surface area contributed by atoms with Crippen LogP contribution in [0.2, 0.25) is 0 Å². The van der Waals surface area contributed by atoms with Gasteiger partial charge in [0.2, 0.25) is 5.91 Å². The van der Waals surface area contributed by atoms with Gasteiger partial charge in [-0.05, 0) is 43.5 Å². The van der Waals surface area contributed by atoms with Gasteiger partial charge in [0.25, 0.3) is 5.60 Å². The summed E-state index contributed by atoms with van der Waals surface area (Å²) in [6.45, 7) is 1.58. The van der Waals surface area contributed by atoms with E-state index in [1.54, 1.807) is 31.2 Å². The average molecular weight is 581 g/mol. The number of aliphatic hydroxyl groups is 3. The third kappa shape index (κ3) is 5.39. The summed E-state index contributed by atoms with van der Waals surface area (Å²) in [6, 6.07) is 7.77. The van der Waals surface area contributed by atoms with E-state index in [-0.39, 0.29) is 43.6 Å². The molecule has 2 aromatic rings. The number of aliphatic hydroxyl groups excluding tert-OH is 2. The summed E-state index contributed by atoms with van der Waals surface area (Å²) in [7, 11) is -2.01. The Labute approximate surface area is 222 Å². The number of nitrogens with zero attached hydrogens (tertiary/aromatic N) is 2. The zero-order valence-corrected chi connectivity index (χ0v) is 21.4. The number of likely N-dealkylation sites (tertiary alicyclic amines) is 1. The monoisotopic (exact) mass is 580 g/mol. The van der Waals surface area contributed by atoms with Crippen molar-refractivity contribution in [1.29, 1.82) is 0 Å². The summed E-state index contributed by atoms with van der Waals surface area (Å²) >= 11 is 0. The zero-order valence-electron chi connectivity index (χ0n) is 20.5. The van der Waals surface area contributed by atoms with E-state index in [1.165, 1.54) is 9.21 Å². The Morgan fingerprint density at radius 2 is 1.54 bits per heavy atom. The number of amides is 1. The average Bonchev–Trinajstić information content (AvgIpc) is 3.20. The number of carbonyl (C=O) groups is 1. The van der Waals surface area contributed by atoms with Crippen molar-refractivity contribution >= 4 is 22.6 Å². The molecule has 14 heteroatoms. The van der Waals surface area contributed by atoms with Crippen molar-refractivity contribution in [3.05, 3.63) is 59.2 Å². The number of fused-ring (bicyclic) bond motifs is 1. The van der Waals surface area contributed by atoms with E-state index in [9.17, 15) is 50.7 Å². The minimum atomic E-state index is -6.06. The first-order valence-electron chi connectivity index (χ1n) is 12.0. The molecule has 0 aromatic heterocycles. The fourth-order valence-corrected chi connectivity index (χ4v) is 6.24. The third-order valence-corrected chi connectivity index (χ3v) is 8.58. The predicted octanol–water partition coefficient (Wildman–Crippen LogP) is 3.11. The lowest BCUT2D eigenvalue weighted by molar-refractivity contribution is -0.376. The molecule has 1 saturated heterocycles. The first-order valence-corrected chi connectivity index (χ1v) is 13.1. The number of hydrogen-bond acceptors (Lipinski definition) is 5. The number of alkyl halides is 6. The molecule has 39 heavy (non-hydrogen) atoms. The van der Waals surface area contributed by atoms with Crippen molar-refractivity contribution in [1.82, 2.24) is 4.90 Å². The molecule has 0 radical (unpaired) electrons. The van der Waals surface area contributed by atoms with Gasteiger partial charge in [-0.3, -0.25) is 9.10 Å². The quantitative estimate of drug-likeness (QED) is 0.472. The largest absolute Gasteiger partial charge is 0.430 e. The highest BCUT2D eigenvalue weighted by Gasteiger charge is 2.71. The topological polar surface area (TPSA) is 101 Å². The summed E-state index contributed by atoms with van der Waals surface area (Å²) in [4.78, 5) is 14.5. The van der Waals surface area contributed by atoms with Gasteiger partial charge in [-0.15, -0.1) is 0 Å². The first-order chi connectivity index (χ1) is 18.0. The second-order valence-corrected chi connectivity index (χ2v) is 11.1. The molecular weight excluding hydrogens is 554 g/mol. The summed E-state index contributed by atoms with van der Waals surface area (Å²) < 4.78 is 95.9. The van der Waals surface area contributed by atoms with Crippen LogP contribution < -0.4 is 4.31 Å². The number of benzene rings is 2. The molecule has 0 saturated carbocycles. The Morgan fingerprint density at radius 1 is 0.974 bits per heavy atom. The second-order valence-electron chi connectivity index (χ2n) is 9.77. The molecule has 2 aliphatic rings. The Balaban J connectivity index is 1.74. The van der Waals surface area contributed by atoms with Gasteiger partial charge >= 0.3 is 12.4 Å². The van der Waals surface area contributed by atoms with Gasteiger partial charge in [-0.1, -0.05) is 29.8 Å². The lowest BCUT2D eigenvalue weighted by atomic mass is 9.87. The Morgan fingerprint density at radius 3 is 2.08 bits per heavy atom. The molecular formula is C25H26F6N2O5S. The molecule has 1 fully saturated rings. The highest BCUT2D eigenvalue weighted by atomic mass is 32.2. The summed E-state index contributed by atoms with van der Waals surface area (Å²) in [5.74, 6) is -0.468. The normalized spacial score (nSPS) is 23.1. The van der Waals surface area contributed by atoms with Crippen molar-refractivity contribution in [3.8, 4) is 0 Å². The highest BCUT2D eigenvalue weighted by molar-refractivity contribution is 7.86. The smallest absolute Gasteiger partial charge is 0.388 e. The van der Waals surface area contributed by atoms with Gasteiger partial charge in [0.15, 0.2) is 11.0 Å². The standard InChI is InChI=1S/C25H26F6N2O5S/c1-14-2-7-18(8-3-14)39(38)33-17(11-22(36)32-12-20(34)21(35)13-32)6-4-15-10-16(5-9-19(15)33)23(37,24(26,27)28)25(29,30)31/h2-3,5,7-10,17,20-21,34-35,37H,4,6,11-13H2,1H3/t17-,20+,21?,39?/m0/s1. The third-order valence-electron chi connectivity index (χ3n) is 7.06. The maximum absolute atomic E-state index is 13.7. The molecule has 0 aliphatic carbocycles. The molecule has 2 unspecified atom stereocenters. The number of aryl methyl sites for hydroxylation is 2. The van der Waals surface area contributed by atoms with Gasteiger partial charge in [0, 0.05) is 25.1 Å². The summed E-state index contributed by atoms with van der Waals surface area (Å²) in [5.41, 5.74) is -5.61. The number of anilines is 1. The molecule has 7 nitrogen and oxygen atoms in total. The molecule has 4 rings (SSSR count). The van der Waals surface area contributed by atoms with Gasteiger partial charge in [0.05, 0.1) is 28.8 Å². The molecule has 3 N–H and O–H groups in total. The van der Waals surface area contributed by atoms with E-state index in [0.717, 1.165) is 11.6 Å². The molecule has 4 atom stereocenters. The van der Waals surface area contributed by atoms with E-state index in [4.69, 9.17) is 0 Å². The summed E-state index contributed by atoms with van der Waals surface area (Å²) in [6.07, 6.45) is -14.6. The fraction of sp³-hybridized carbons (Fsp3) is 0.480. The van der Waals surface area contributed by atoms with Crippen molar-refractivity contribution in [3.63, 3.8) is 0 Å². The minimum absolute atomic E-state index is 0.00407. The van der Waals surface area contributed by atoms with Crippen LogP contribution >= 0.6 is 0 Å². The van der Waals surface area contributed by atoms with Crippen LogP contribution in [0.4, 0.5) is 32.0 Å². The van der Waals surface area contributed by atoms with Crippen molar-refractivity contribution in [2.24, 2.45) is 0 Å². The first kappa shape index (κ1) is 29.3. The zero-order chi connectivity index (χ0) is 28.9. The molecule has 2 heterocycles. The van der Waals surface area contributed by atoms with Crippen LogP contribution in [-0.4, -0.2) is 74.0 Å². The molecule has 214 valence electrons. The summed E-state index contributed by atoms with van der Waals surface area (Å²) in [5, 5.41) is 29.4. The number of rotatable bonds is 5. The lowest BCUT2D eigenvalue weighted by Crippen LogP contribution is -2.54. The Bertz CT molecular complexity index is 1230. The van der Waals surface area contributed by atoms with Crippen LogP contribution in [0.15, 0.2) is 47.4 Å².